The third-order valence-corrected chi connectivity index (χ3v) is 3.48. The van der Waals surface area contributed by atoms with Gasteiger partial charge < -0.3 is 10.2 Å². The minimum absolute atomic E-state index is 0.850. The van der Waals surface area contributed by atoms with E-state index in [1.54, 1.807) is 27.7 Å². The lowest BCUT2D eigenvalue weighted by molar-refractivity contribution is 0.0701. The molecule has 0 aliphatic carbocycles. The van der Waals surface area contributed by atoms with Crippen molar-refractivity contribution in [1.29, 1.82) is 0 Å². The summed E-state index contributed by atoms with van der Waals surface area (Å²) < 4.78 is 0.926. The molecule has 1 aromatic rings. The molecule has 15 heavy (non-hydrogen) atoms. The van der Waals surface area contributed by atoms with Crippen LogP contribution < -0.4 is 0 Å². The first-order chi connectivity index (χ1) is 6.64. The van der Waals surface area contributed by atoms with E-state index in [-0.39, 0.29) is 0 Å². The van der Waals surface area contributed by atoms with Crippen molar-refractivity contribution in [2.45, 2.75) is 38.9 Å². The van der Waals surface area contributed by atoms with Gasteiger partial charge >= 0.3 is 0 Å². The van der Waals surface area contributed by atoms with E-state index in [2.05, 4.69) is 22.6 Å². The van der Waals surface area contributed by atoms with Crippen molar-refractivity contribution in [1.82, 2.24) is 0 Å². The predicted molar refractivity (Wildman–Crippen MR) is 69.6 cm³/mol. The summed E-state index contributed by atoms with van der Waals surface area (Å²) in [5, 5.41) is 19.9. The van der Waals surface area contributed by atoms with Gasteiger partial charge in [-0.25, -0.2) is 0 Å². The highest BCUT2D eigenvalue weighted by Crippen LogP contribution is 2.32. The highest BCUT2D eigenvalue weighted by molar-refractivity contribution is 14.1. The van der Waals surface area contributed by atoms with Crippen LogP contribution in [0.25, 0.3) is 0 Å². The zero-order chi connectivity index (χ0) is 11.9. The van der Waals surface area contributed by atoms with Crippen molar-refractivity contribution in [2.24, 2.45) is 0 Å². The number of hydrogen-bond donors (Lipinski definition) is 2. The molecule has 0 saturated carbocycles. The first-order valence-electron chi connectivity index (χ1n) is 4.88. The Morgan fingerprint density at radius 3 is 1.53 bits per heavy atom. The molecule has 1 rings (SSSR count). The normalized spacial score (nSPS) is 13.0. The van der Waals surface area contributed by atoms with Crippen LogP contribution in [0.1, 0.15) is 38.8 Å². The first-order valence-corrected chi connectivity index (χ1v) is 5.96. The van der Waals surface area contributed by atoms with Gasteiger partial charge in [0.05, 0.1) is 11.2 Å². The topological polar surface area (TPSA) is 40.5 Å². The molecule has 3 heteroatoms. The Bertz CT molecular complexity index is 327. The van der Waals surface area contributed by atoms with Gasteiger partial charge in [-0.1, -0.05) is 18.2 Å². The van der Waals surface area contributed by atoms with Crippen LogP contribution in [-0.4, -0.2) is 10.2 Å². The molecule has 0 heterocycles. The molecule has 2 nitrogen and oxygen atoms in total. The van der Waals surface area contributed by atoms with Crippen LogP contribution >= 0.6 is 22.6 Å². The summed E-state index contributed by atoms with van der Waals surface area (Å²) in [5.41, 5.74) is -0.0549. The highest BCUT2D eigenvalue weighted by atomic mass is 127. The van der Waals surface area contributed by atoms with E-state index in [0.29, 0.717) is 0 Å². The molecule has 0 fully saturated rings. The molecule has 0 spiro atoms. The van der Waals surface area contributed by atoms with E-state index in [0.717, 1.165) is 14.7 Å². The van der Waals surface area contributed by atoms with Crippen molar-refractivity contribution in [3.8, 4) is 0 Å². The Hall–Kier alpha value is -0.130. The Morgan fingerprint density at radius 1 is 0.933 bits per heavy atom. The molecule has 0 amide bonds. The largest absolute Gasteiger partial charge is 0.386 e. The molecule has 0 aromatic heterocycles. The van der Waals surface area contributed by atoms with Crippen molar-refractivity contribution in [3.05, 3.63) is 32.9 Å². The second-order valence-corrected chi connectivity index (χ2v) is 5.86. The molecule has 0 atom stereocenters. The van der Waals surface area contributed by atoms with Gasteiger partial charge in [-0.3, -0.25) is 0 Å². The van der Waals surface area contributed by atoms with Gasteiger partial charge in [0.1, 0.15) is 0 Å². The molecule has 84 valence electrons. The van der Waals surface area contributed by atoms with E-state index in [1.165, 1.54) is 0 Å². The molecule has 1 aromatic carbocycles. The van der Waals surface area contributed by atoms with Gasteiger partial charge in [-0.05, 0) is 61.4 Å². The Morgan fingerprint density at radius 2 is 1.27 bits per heavy atom. The number of hydrogen-bond acceptors (Lipinski definition) is 2. The standard InChI is InChI=1S/C12H17IO2/c1-11(2,14)8-6-5-7-9(10(8)13)12(3,4)15/h5-7,14-15H,1-4H3. The maximum absolute atomic E-state index is 9.97. The molecule has 0 unspecified atom stereocenters. The first kappa shape index (κ1) is 12.9. The molecule has 0 aliphatic rings. The SMILES string of the molecule is CC(C)(O)c1cccc(C(C)(C)O)c1I. The molecule has 0 saturated heterocycles. The van der Waals surface area contributed by atoms with Gasteiger partial charge in [0.2, 0.25) is 0 Å². The summed E-state index contributed by atoms with van der Waals surface area (Å²) in [5.74, 6) is 0. The second kappa shape index (κ2) is 4.03. The van der Waals surface area contributed by atoms with Crippen molar-refractivity contribution in [3.63, 3.8) is 0 Å². The summed E-state index contributed by atoms with van der Waals surface area (Å²) in [6.45, 7) is 6.99. The van der Waals surface area contributed by atoms with Crippen LogP contribution in [0.3, 0.4) is 0 Å². The van der Waals surface area contributed by atoms with Gasteiger partial charge in [0.15, 0.2) is 0 Å². The van der Waals surface area contributed by atoms with Gasteiger partial charge in [0, 0.05) is 3.57 Å². The van der Waals surface area contributed by atoms with E-state index < -0.39 is 11.2 Å². The van der Waals surface area contributed by atoms with Crippen LogP contribution in [0.5, 0.6) is 0 Å². The van der Waals surface area contributed by atoms with E-state index >= 15 is 0 Å². The van der Waals surface area contributed by atoms with Gasteiger partial charge in [-0.15, -0.1) is 0 Å². The van der Waals surface area contributed by atoms with Crippen molar-refractivity contribution in [2.75, 3.05) is 0 Å². The Balaban J connectivity index is 3.37. The summed E-state index contributed by atoms with van der Waals surface area (Å²) in [6.07, 6.45) is 0. The number of halogens is 1. The fourth-order valence-electron chi connectivity index (χ4n) is 1.48. The monoisotopic (exact) mass is 320 g/mol. The lowest BCUT2D eigenvalue weighted by atomic mass is 9.91. The summed E-state index contributed by atoms with van der Waals surface area (Å²) in [6, 6.07) is 5.64. The highest BCUT2D eigenvalue weighted by Gasteiger charge is 2.25. The summed E-state index contributed by atoms with van der Waals surface area (Å²) in [7, 11) is 0. The summed E-state index contributed by atoms with van der Waals surface area (Å²) in [4.78, 5) is 0. The Labute approximate surface area is 104 Å². The van der Waals surface area contributed by atoms with E-state index in [9.17, 15) is 10.2 Å². The molecule has 0 bridgehead atoms. The molecule has 2 N–H and O–H groups in total. The third-order valence-electron chi connectivity index (χ3n) is 2.32. The van der Waals surface area contributed by atoms with Crippen LogP contribution in [0.15, 0.2) is 18.2 Å². The maximum atomic E-state index is 9.97. The van der Waals surface area contributed by atoms with Gasteiger partial charge in [-0.2, -0.15) is 0 Å². The van der Waals surface area contributed by atoms with Crippen molar-refractivity contribution < 1.29 is 10.2 Å². The van der Waals surface area contributed by atoms with Gasteiger partial charge in [0.25, 0.3) is 0 Å². The molecule has 0 aliphatic heterocycles. The zero-order valence-corrected chi connectivity index (χ0v) is 11.7. The molecule has 0 radical (unpaired) electrons. The zero-order valence-electron chi connectivity index (χ0n) is 9.50. The third kappa shape index (κ3) is 2.92. The average Bonchev–Trinajstić information content (AvgIpc) is 1.99. The average molecular weight is 320 g/mol. The van der Waals surface area contributed by atoms with E-state index in [4.69, 9.17) is 0 Å². The number of aliphatic hydroxyl groups is 2. The fourth-order valence-corrected chi connectivity index (χ4v) is 3.16. The van der Waals surface area contributed by atoms with Crippen LogP contribution in [0.4, 0.5) is 0 Å². The van der Waals surface area contributed by atoms with E-state index in [1.807, 2.05) is 18.2 Å². The minimum atomic E-state index is -0.877. The smallest absolute Gasteiger partial charge is 0.0850 e. The number of benzene rings is 1. The van der Waals surface area contributed by atoms with Crippen molar-refractivity contribution >= 4 is 22.6 Å². The summed E-state index contributed by atoms with van der Waals surface area (Å²) >= 11 is 2.17. The molecular formula is C12H17IO2. The predicted octanol–water partition coefficient (Wildman–Crippen LogP) is 2.75. The van der Waals surface area contributed by atoms with Crippen LogP contribution in [0.2, 0.25) is 0 Å². The minimum Gasteiger partial charge on any atom is -0.386 e. The maximum Gasteiger partial charge on any atom is 0.0850 e. The van der Waals surface area contributed by atoms with Crippen LogP contribution in [-0.2, 0) is 11.2 Å². The fraction of sp³-hybridized carbons (Fsp3) is 0.500. The Kier molecular flexibility index (Phi) is 3.48. The number of rotatable bonds is 2. The van der Waals surface area contributed by atoms with Crippen LogP contribution in [0, 0.1) is 3.57 Å². The lowest BCUT2D eigenvalue weighted by Crippen LogP contribution is -2.23. The molecular weight excluding hydrogens is 303 g/mol. The quantitative estimate of drug-likeness (QED) is 0.823. The second-order valence-electron chi connectivity index (χ2n) is 4.79. The lowest BCUT2D eigenvalue weighted by Gasteiger charge is -2.25.